The van der Waals surface area contributed by atoms with Gasteiger partial charge in [0.25, 0.3) is 11.8 Å². The second-order valence-corrected chi connectivity index (χ2v) is 6.50. The highest BCUT2D eigenvalue weighted by Gasteiger charge is 2.23. The number of carbonyl (C=O) groups excluding carboxylic acids is 2. The molecule has 3 aromatic rings. The topological polar surface area (TPSA) is 104 Å². The molecule has 0 unspecified atom stereocenters. The van der Waals surface area contributed by atoms with Gasteiger partial charge in [-0.15, -0.1) is 10.2 Å². The van der Waals surface area contributed by atoms with Gasteiger partial charge < -0.3 is 15.1 Å². The van der Waals surface area contributed by atoms with Gasteiger partial charge in [-0.05, 0) is 48.5 Å². The number of carbonyl (C=O) groups is 2. The van der Waals surface area contributed by atoms with Crippen molar-refractivity contribution in [1.82, 2.24) is 25.3 Å². The standard InChI is InChI=1S/C20H19N7O2/c28-19(17-3-1-9-21-24-17)23-15-5-7-16(8-6-15)26-11-13-27(14-12-26)20(29)18-4-2-10-22-25-18/h1-10H,11-14H2,(H,23,28). The van der Waals surface area contributed by atoms with E-state index in [1.165, 1.54) is 6.20 Å². The van der Waals surface area contributed by atoms with E-state index in [0.29, 0.717) is 24.5 Å². The van der Waals surface area contributed by atoms with E-state index in [-0.39, 0.29) is 17.5 Å². The molecule has 3 heterocycles. The molecule has 0 saturated carbocycles. The summed E-state index contributed by atoms with van der Waals surface area (Å²) in [6, 6.07) is 14.3. The summed E-state index contributed by atoms with van der Waals surface area (Å²) in [6.45, 7) is 2.66. The molecule has 0 radical (unpaired) electrons. The minimum absolute atomic E-state index is 0.0974. The highest BCUT2D eigenvalue weighted by atomic mass is 16.2. The third-order valence-corrected chi connectivity index (χ3v) is 4.65. The molecule has 0 bridgehead atoms. The van der Waals surface area contributed by atoms with Gasteiger partial charge in [-0.1, -0.05) is 0 Å². The van der Waals surface area contributed by atoms with Crippen molar-refractivity contribution in [2.75, 3.05) is 36.4 Å². The largest absolute Gasteiger partial charge is 0.368 e. The van der Waals surface area contributed by atoms with Crippen molar-refractivity contribution in [2.24, 2.45) is 0 Å². The van der Waals surface area contributed by atoms with Gasteiger partial charge in [0.15, 0.2) is 11.4 Å². The molecule has 1 N–H and O–H groups in total. The molecule has 9 heteroatoms. The summed E-state index contributed by atoms with van der Waals surface area (Å²) in [5.74, 6) is -0.401. The lowest BCUT2D eigenvalue weighted by Crippen LogP contribution is -2.49. The highest BCUT2D eigenvalue weighted by molar-refractivity contribution is 6.02. The molecular weight excluding hydrogens is 370 g/mol. The van der Waals surface area contributed by atoms with Crippen molar-refractivity contribution in [1.29, 1.82) is 0 Å². The van der Waals surface area contributed by atoms with Gasteiger partial charge in [0.05, 0.1) is 0 Å². The van der Waals surface area contributed by atoms with Gasteiger partial charge in [0.2, 0.25) is 0 Å². The van der Waals surface area contributed by atoms with E-state index in [9.17, 15) is 9.59 Å². The van der Waals surface area contributed by atoms with Crippen LogP contribution in [-0.4, -0.2) is 63.3 Å². The summed E-state index contributed by atoms with van der Waals surface area (Å²) in [5.41, 5.74) is 2.35. The maximum absolute atomic E-state index is 12.5. The Morgan fingerprint density at radius 1 is 0.793 bits per heavy atom. The van der Waals surface area contributed by atoms with Crippen molar-refractivity contribution >= 4 is 23.2 Å². The normalized spacial score (nSPS) is 13.8. The summed E-state index contributed by atoms with van der Waals surface area (Å²) in [5, 5.41) is 18.0. The van der Waals surface area contributed by atoms with E-state index < -0.39 is 0 Å². The molecule has 1 aliphatic heterocycles. The van der Waals surface area contributed by atoms with Crippen LogP contribution in [0.5, 0.6) is 0 Å². The molecule has 1 saturated heterocycles. The van der Waals surface area contributed by atoms with Crippen molar-refractivity contribution < 1.29 is 9.59 Å². The predicted octanol–water partition coefficient (Wildman–Crippen LogP) is 1.48. The first-order valence-electron chi connectivity index (χ1n) is 9.22. The first kappa shape index (κ1) is 18.5. The van der Waals surface area contributed by atoms with Crippen LogP contribution < -0.4 is 10.2 Å². The number of piperazine rings is 1. The molecule has 0 aliphatic carbocycles. The zero-order valence-electron chi connectivity index (χ0n) is 15.6. The summed E-state index contributed by atoms with van der Waals surface area (Å²) in [6.07, 6.45) is 3.07. The summed E-state index contributed by atoms with van der Waals surface area (Å²) in [7, 11) is 0. The van der Waals surface area contributed by atoms with Crippen molar-refractivity contribution in [3.63, 3.8) is 0 Å². The highest BCUT2D eigenvalue weighted by Crippen LogP contribution is 2.20. The van der Waals surface area contributed by atoms with Crippen LogP contribution in [0.3, 0.4) is 0 Å². The van der Waals surface area contributed by atoms with E-state index in [1.54, 1.807) is 35.4 Å². The Labute approximate surface area is 167 Å². The van der Waals surface area contributed by atoms with Crippen LogP contribution in [0.15, 0.2) is 60.9 Å². The molecule has 2 amide bonds. The average molecular weight is 389 g/mol. The smallest absolute Gasteiger partial charge is 0.276 e. The fourth-order valence-electron chi connectivity index (χ4n) is 3.12. The lowest BCUT2D eigenvalue weighted by molar-refractivity contribution is 0.0739. The van der Waals surface area contributed by atoms with Crippen LogP contribution >= 0.6 is 0 Å². The monoisotopic (exact) mass is 389 g/mol. The molecule has 4 rings (SSSR count). The first-order valence-corrected chi connectivity index (χ1v) is 9.22. The molecule has 0 spiro atoms. The number of nitrogens with one attached hydrogen (secondary N) is 1. The third kappa shape index (κ3) is 4.34. The summed E-state index contributed by atoms with van der Waals surface area (Å²) < 4.78 is 0. The number of hydrogen-bond donors (Lipinski definition) is 1. The molecule has 1 fully saturated rings. The molecular formula is C20H19N7O2. The van der Waals surface area contributed by atoms with Crippen LogP contribution in [0.1, 0.15) is 21.0 Å². The molecule has 0 atom stereocenters. The number of nitrogens with zero attached hydrogens (tertiary/aromatic N) is 6. The minimum Gasteiger partial charge on any atom is -0.368 e. The maximum Gasteiger partial charge on any atom is 0.276 e. The Hall–Kier alpha value is -3.88. The quantitative estimate of drug-likeness (QED) is 0.721. The van der Waals surface area contributed by atoms with Crippen LogP contribution in [0.4, 0.5) is 11.4 Å². The lowest BCUT2D eigenvalue weighted by atomic mass is 10.2. The number of benzene rings is 1. The van der Waals surface area contributed by atoms with Gasteiger partial charge in [0, 0.05) is 49.9 Å². The molecule has 9 nitrogen and oxygen atoms in total. The number of amides is 2. The van der Waals surface area contributed by atoms with Gasteiger partial charge >= 0.3 is 0 Å². The first-order chi connectivity index (χ1) is 14.2. The van der Waals surface area contributed by atoms with Crippen molar-refractivity contribution in [2.45, 2.75) is 0 Å². The Morgan fingerprint density at radius 3 is 2.00 bits per heavy atom. The van der Waals surface area contributed by atoms with E-state index in [1.807, 2.05) is 24.3 Å². The summed E-state index contributed by atoms with van der Waals surface area (Å²) >= 11 is 0. The third-order valence-electron chi connectivity index (χ3n) is 4.65. The maximum atomic E-state index is 12.5. The van der Waals surface area contributed by atoms with Gasteiger partial charge in [-0.25, -0.2) is 0 Å². The lowest BCUT2D eigenvalue weighted by Gasteiger charge is -2.36. The van der Waals surface area contributed by atoms with Gasteiger partial charge in [-0.2, -0.15) is 10.2 Å². The van der Waals surface area contributed by atoms with Gasteiger partial charge in [0.1, 0.15) is 0 Å². The molecule has 1 aliphatic rings. The zero-order chi connectivity index (χ0) is 20.1. The molecule has 1 aromatic carbocycles. The van der Waals surface area contributed by atoms with Crippen LogP contribution in [0, 0.1) is 0 Å². The number of aromatic nitrogens is 4. The average Bonchev–Trinajstić information content (AvgIpc) is 2.80. The SMILES string of the molecule is O=C(Nc1ccc(N2CCN(C(=O)c3cccnn3)CC2)cc1)c1cccnn1. The zero-order valence-corrected chi connectivity index (χ0v) is 15.6. The van der Waals surface area contributed by atoms with Crippen molar-refractivity contribution in [3.05, 3.63) is 72.3 Å². The number of rotatable bonds is 4. The number of anilines is 2. The van der Waals surface area contributed by atoms with E-state index >= 15 is 0 Å². The van der Waals surface area contributed by atoms with E-state index in [4.69, 9.17) is 0 Å². The predicted molar refractivity (Wildman–Crippen MR) is 107 cm³/mol. The van der Waals surface area contributed by atoms with Crippen LogP contribution in [0.25, 0.3) is 0 Å². The molecule has 146 valence electrons. The summed E-state index contributed by atoms with van der Waals surface area (Å²) in [4.78, 5) is 28.6. The molecule has 29 heavy (non-hydrogen) atoms. The van der Waals surface area contributed by atoms with Crippen molar-refractivity contribution in [3.8, 4) is 0 Å². The molecule has 2 aromatic heterocycles. The van der Waals surface area contributed by atoms with E-state index in [0.717, 1.165) is 18.8 Å². The second kappa shape index (κ2) is 8.42. The van der Waals surface area contributed by atoms with Crippen LogP contribution in [0.2, 0.25) is 0 Å². The Bertz CT molecular complexity index is 973. The fourth-order valence-corrected chi connectivity index (χ4v) is 3.12. The van der Waals surface area contributed by atoms with Crippen LogP contribution in [-0.2, 0) is 0 Å². The second-order valence-electron chi connectivity index (χ2n) is 6.50. The van der Waals surface area contributed by atoms with E-state index in [2.05, 4.69) is 30.6 Å². The number of hydrogen-bond acceptors (Lipinski definition) is 7. The Morgan fingerprint density at radius 2 is 1.41 bits per heavy atom. The Balaban J connectivity index is 1.33. The Kier molecular flexibility index (Phi) is 5.37. The minimum atomic E-state index is -0.304. The fraction of sp³-hybridized carbons (Fsp3) is 0.200. The van der Waals surface area contributed by atoms with Gasteiger partial charge in [-0.3, -0.25) is 9.59 Å².